The van der Waals surface area contributed by atoms with Crippen molar-refractivity contribution in [1.29, 1.82) is 0 Å². The van der Waals surface area contributed by atoms with E-state index in [4.69, 9.17) is 0 Å². The Hall–Kier alpha value is -0.410. The molecule has 0 aliphatic rings. The number of unbranched alkanes of at least 4 members (excludes halogenated alkanes) is 4. The molecule has 0 aromatic carbocycles. The standard InChI is InChI=1S/C15H25BrN2/c1-3-5-6-7-8-11-14(17-4-2)15-13(16)10-9-12-18-15/h9-10,12,14,17H,3-8,11H2,1-2H3. The Bertz CT molecular complexity index is 328. The minimum absolute atomic E-state index is 0.382. The lowest BCUT2D eigenvalue weighted by Gasteiger charge is -2.18. The summed E-state index contributed by atoms with van der Waals surface area (Å²) in [5, 5.41) is 3.54. The number of aromatic nitrogens is 1. The fraction of sp³-hybridized carbons (Fsp3) is 0.667. The Balaban J connectivity index is 2.47. The van der Waals surface area contributed by atoms with Gasteiger partial charge in [-0.15, -0.1) is 0 Å². The third kappa shape index (κ3) is 5.49. The summed E-state index contributed by atoms with van der Waals surface area (Å²) in [5.74, 6) is 0. The van der Waals surface area contributed by atoms with Crippen LogP contribution in [0.4, 0.5) is 0 Å². The van der Waals surface area contributed by atoms with E-state index >= 15 is 0 Å². The van der Waals surface area contributed by atoms with E-state index < -0.39 is 0 Å². The van der Waals surface area contributed by atoms with E-state index in [0.717, 1.165) is 16.7 Å². The summed E-state index contributed by atoms with van der Waals surface area (Å²) in [6.07, 6.45) is 9.69. The molecule has 0 spiro atoms. The van der Waals surface area contributed by atoms with E-state index in [9.17, 15) is 0 Å². The van der Waals surface area contributed by atoms with Crippen molar-refractivity contribution in [3.8, 4) is 0 Å². The number of pyridine rings is 1. The van der Waals surface area contributed by atoms with Gasteiger partial charge in [0, 0.05) is 10.7 Å². The molecule has 0 aliphatic heterocycles. The highest BCUT2D eigenvalue weighted by molar-refractivity contribution is 9.10. The van der Waals surface area contributed by atoms with Crippen LogP contribution in [0.25, 0.3) is 0 Å². The maximum Gasteiger partial charge on any atom is 0.0714 e. The van der Waals surface area contributed by atoms with Gasteiger partial charge in [0.2, 0.25) is 0 Å². The van der Waals surface area contributed by atoms with Gasteiger partial charge in [0.25, 0.3) is 0 Å². The number of hydrogen-bond acceptors (Lipinski definition) is 2. The maximum absolute atomic E-state index is 4.50. The van der Waals surface area contributed by atoms with Crippen molar-refractivity contribution in [2.45, 2.75) is 58.4 Å². The van der Waals surface area contributed by atoms with Gasteiger partial charge in [-0.05, 0) is 41.0 Å². The molecule has 1 unspecified atom stereocenters. The third-order valence-electron chi connectivity index (χ3n) is 3.16. The molecule has 3 heteroatoms. The average molecular weight is 313 g/mol. The molecule has 1 atom stereocenters. The normalized spacial score (nSPS) is 12.6. The van der Waals surface area contributed by atoms with E-state index in [1.165, 1.54) is 38.5 Å². The quantitative estimate of drug-likeness (QED) is 0.659. The predicted molar refractivity (Wildman–Crippen MR) is 81.7 cm³/mol. The lowest BCUT2D eigenvalue weighted by molar-refractivity contribution is 0.468. The van der Waals surface area contributed by atoms with E-state index in [0.29, 0.717) is 6.04 Å². The maximum atomic E-state index is 4.50. The van der Waals surface area contributed by atoms with Gasteiger partial charge in [0.1, 0.15) is 0 Å². The summed E-state index contributed by atoms with van der Waals surface area (Å²) in [6.45, 7) is 5.40. The molecule has 0 aliphatic carbocycles. The fourth-order valence-corrected chi connectivity index (χ4v) is 2.72. The number of rotatable bonds is 9. The second-order valence-electron chi connectivity index (χ2n) is 4.68. The molecule has 1 rings (SSSR count). The zero-order valence-electron chi connectivity index (χ0n) is 11.6. The summed E-state index contributed by atoms with van der Waals surface area (Å²) >= 11 is 3.60. The Kier molecular flexibility index (Phi) is 8.27. The van der Waals surface area contributed by atoms with Gasteiger partial charge in [-0.3, -0.25) is 4.98 Å². The zero-order valence-corrected chi connectivity index (χ0v) is 13.2. The van der Waals surface area contributed by atoms with Gasteiger partial charge in [-0.1, -0.05) is 46.0 Å². The molecule has 1 heterocycles. The number of hydrogen-bond donors (Lipinski definition) is 1. The Labute approximate surface area is 120 Å². The van der Waals surface area contributed by atoms with E-state index in [1.807, 2.05) is 12.3 Å². The van der Waals surface area contributed by atoms with Crippen LogP contribution < -0.4 is 5.32 Å². The summed E-state index contributed by atoms with van der Waals surface area (Å²) in [7, 11) is 0. The van der Waals surface area contributed by atoms with Crippen LogP contribution in [0.3, 0.4) is 0 Å². The van der Waals surface area contributed by atoms with Crippen molar-refractivity contribution in [2.24, 2.45) is 0 Å². The van der Waals surface area contributed by atoms with Crippen LogP contribution in [-0.2, 0) is 0 Å². The van der Waals surface area contributed by atoms with Gasteiger partial charge in [-0.25, -0.2) is 0 Å². The molecule has 0 radical (unpaired) electrons. The first-order valence-corrected chi connectivity index (χ1v) is 7.92. The highest BCUT2D eigenvalue weighted by Crippen LogP contribution is 2.25. The van der Waals surface area contributed by atoms with Crippen LogP contribution in [0.5, 0.6) is 0 Å². The molecule has 0 fully saturated rings. The molecule has 2 nitrogen and oxygen atoms in total. The van der Waals surface area contributed by atoms with Crippen LogP contribution in [0.2, 0.25) is 0 Å². The smallest absolute Gasteiger partial charge is 0.0714 e. The lowest BCUT2D eigenvalue weighted by Crippen LogP contribution is -2.22. The Morgan fingerprint density at radius 2 is 2.00 bits per heavy atom. The summed E-state index contributed by atoms with van der Waals surface area (Å²) in [6, 6.07) is 4.42. The highest BCUT2D eigenvalue weighted by atomic mass is 79.9. The van der Waals surface area contributed by atoms with Crippen molar-refractivity contribution in [1.82, 2.24) is 10.3 Å². The van der Waals surface area contributed by atoms with E-state index in [1.54, 1.807) is 0 Å². The van der Waals surface area contributed by atoms with E-state index in [2.05, 4.69) is 46.1 Å². The SMILES string of the molecule is CCCCCCCC(NCC)c1ncccc1Br. The molecule has 1 aromatic rings. The fourth-order valence-electron chi connectivity index (χ4n) is 2.19. The third-order valence-corrected chi connectivity index (χ3v) is 3.83. The van der Waals surface area contributed by atoms with Crippen molar-refractivity contribution in [2.75, 3.05) is 6.54 Å². The molecular weight excluding hydrogens is 288 g/mol. The second kappa shape index (κ2) is 9.51. The average Bonchev–Trinajstić information content (AvgIpc) is 2.38. The van der Waals surface area contributed by atoms with Gasteiger partial charge < -0.3 is 5.32 Å². The topological polar surface area (TPSA) is 24.9 Å². The lowest BCUT2D eigenvalue weighted by atomic mass is 10.0. The van der Waals surface area contributed by atoms with Gasteiger partial charge in [0.15, 0.2) is 0 Å². The number of nitrogens with zero attached hydrogens (tertiary/aromatic N) is 1. The van der Waals surface area contributed by atoms with Crippen molar-refractivity contribution in [3.05, 3.63) is 28.5 Å². The van der Waals surface area contributed by atoms with Crippen LogP contribution in [0, 0.1) is 0 Å². The number of nitrogens with one attached hydrogen (secondary N) is 1. The van der Waals surface area contributed by atoms with Crippen molar-refractivity contribution < 1.29 is 0 Å². The monoisotopic (exact) mass is 312 g/mol. The van der Waals surface area contributed by atoms with Crippen LogP contribution >= 0.6 is 15.9 Å². The van der Waals surface area contributed by atoms with Crippen LogP contribution in [-0.4, -0.2) is 11.5 Å². The number of halogens is 1. The first-order valence-electron chi connectivity index (χ1n) is 7.13. The first-order chi connectivity index (χ1) is 8.79. The van der Waals surface area contributed by atoms with Crippen molar-refractivity contribution >= 4 is 15.9 Å². The molecule has 102 valence electrons. The highest BCUT2D eigenvalue weighted by Gasteiger charge is 2.13. The molecule has 0 bridgehead atoms. The molecule has 1 N–H and O–H groups in total. The second-order valence-corrected chi connectivity index (χ2v) is 5.54. The summed E-state index contributed by atoms with van der Waals surface area (Å²) < 4.78 is 1.12. The summed E-state index contributed by atoms with van der Waals surface area (Å²) in [4.78, 5) is 4.50. The molecule has 1 aromatic heterocycles. The molecule has 18 heavy (non-hydrogen) atoms. The minimum Gasteiger partial charge on any atom is -0.309 e. The van der Waals surface area contributed by atoms with Crippen LogP contribution in [0.1, 0.15) is 64.1 Å². The molecule has 0 saturated heterocycles. The van der Waals surface area contributed by atoms with E-state index in [-0.39, 0.29) is 0 Å². The first kappa shape index (κ1) is 15.6. The summed E-state index contributed by atoms with van der Waals surface area (Å²) in [5.41, 5.74) is 1.15. The van der Waals surface area contributed by atoms with Crippen LogP contribution in [0.15, 0.2) is 22.8 Å². The predicted octanol–water partition coefficient (Wildman–Crippen LogP) is 4.86. The largest absolute Gasteiger partial charge is 0.309 e. The molecule has 0 saturated carbocycles. The van der Waals surface area contributed by atoms with Crippen molar-refractivity contribution in [3.63, 3.8) is 0 Å². The minimum atomic E-state index is 0.382. The van der Waals surface area contributed by atoms with Gasteiger partial charge >= 0.3 is 0 Å². The Morgan fingerprint density at radius 1 is 1.22 bits per heavy atom. The molecule has 0 amide bonds. The zero-order chi connectivity index (χ0) is 13.2. The Morgan fingerprint density at radius 3 is 2.67 bits per heavy atom. The van der Waals surface area contributed by atoms with Gasteiger partial charge in [0.05, 0.1) is 11.7 Å². The molecular formula is C15H25BrN2. The van der Waals surface area contributed by atoms with Gasteiger partial charge in [-0.2, -0.15) is 0 Å².